The summed E-state index contributed by atoms with van der Waals surface area (Å²) in [4.78, 5) is 23.0. The number of benzene rings is 2. The number of esters is 1. The molecule has 196 valence electrons. The van der Waals surface area contributed by atoms with E-state index in [4.69, 9.17) is 23.3 Å². The molecule has 10 nitrogen and oxygen atoms in total. The molecular formula is C25H32NO9P. The number of hydrogen-bond donors (Lipinski definition) is 0. The van der Waals surface area contributed by atoms with Gasteiger partial charge in [0.05, 0.1) is 29.7 Å². The van der Waals surface area contributed by atoms with Crippen molar-refractivity contribution in [2.24, 2.45) is 5.41 Å². The van der Waals surface area contributed by atoms with E-state index in [0.717, 1.165) is 19.3 Å². The number of hydrogen-bond acceptors (Lipinski definition) is 9. The first-order valence-corrected chi connectivity index (χ1v) is 13.6. The molecule has 2 aromatic carbocycles. The molecule has 0 saturated carbocycles. The summed E-state index contributed by atoms with van der Waals surface area (Å²) in [6.07, 6.45) is 2.71. The molecule has 0 radical (unpaired) electrons. The first kappa shape index (κ1) is 27.6. The van der Waals surface area contributed by atoms with Gasteiger partial charge >= 0.3 is 13.6 Å². The average Bonchev–Trinajstić information content (AvgIpc) is 2.87. The summed E-state index contributed by atoms with van der Waals surface area (Å²) >= 11 is 0. The molecule has 2 unspecified atom stereocenters. The van der Waals surface area contributed by atoms with Crippen LogP contribution in [0.2, 0.25) is 0 Å². The second kappa shape index (κ2) is 12.9. The zero-order chi connectivity index (χ0) is 26.0. The van der Waals surface area contributed by atoms with Gasteiger partial charge in [-0.1, -0.05) is 18.2 Å². The molecule has 1 saturated heterocycles. The highest BCUT2D eigenvalue weighted by Crippen LogP contribution is 2.49. The Kier molecular flexibility index (Phi) is 9.87. The van der Waals surface area contributed by atoms with E-state index in [9.17, 15) is 19.5 Å². The molecule has 1 heterocycles. The zero-order valence-corrected chi connectivity index (χ0v) is 21.4. The summed E-state index contributed by atoms with van der Waals surface area (Å²) in [5, 5.41) is 10.9. The van der Waals surface area contributed by atoms with Crippen molar-refractivity contribution >= 4 is 19.3 Å². The summed E-state index contributed by atoms with van der Waals surface area (Å²) in [6, 6.07) is 13.8. The van der Waals surface area contributed by atoms with Crippen LogP contribution in [0.4, 0.5) is 5.69 Å². The molecule has 1 aliphatic rings. The molecule has 1 fully saturated rings. The van der Waals surface area contributed by atoms with Crippen LogP contribution in [0.15, 0.2) is 54.6 Å². The van der Waals surface area contributed by atoms with Crippen molar-refractivity contribution in [2.75, 3.05) is 26.0 Å². The van der Waals surface area contributed by atoms with Crippen LogP contribution in [0.1, 0.15) is 39.5 Å². The molecular weight excluding hydrogens is 489 g/mol. The highest BCUT2D eigenvalue weighted by Gasteiger charge is 2.33. The standard InChI is InChI=1S/C25H32NO9P/c1-25(2,19-33-23-11-6-7-16-31-23)24(27)32-17-8-18-36(30,34-21-9-4-3-5-10-21)35-22-14-12-20(13-15-22)26(28)29/h3-5,9-10,12-15,23H,6-8,11,16-19H2,1-2H3. The van der Waals surface area contributed by atoms with Gasteiger partial charge in [-0.15, -0.1) is 0 Å². The molecule has 2 aromatic rings. The number of nitrogens with zero attached hydrogens (tertiary/aromatic N) is 1. The lowest BCUT2D eigenvalue weighted by molar-refractivity contribution is -0.384. The van der Waals surface area contributed by atoms with Gasteiger partial charge in [0.15, 0.2) is 6.29 Å². The molecule has 0 spiro atoms. The minimum absolute atomic E-state index is 0.00789. The normalized spacial score (nSPS) is 17.6. The number of carbonyl (C=O) groups is 1. The third kappa shape index (κ3) is 8.62. The van der Waals surface area contributed by atoms with E-state index < -0.39 is 23.9 Å². The van der Waals surface area contributed by atoms with Crippen molar-refractivity contribution < 1.29 is 37.5 Å². The van der Waals surface area contributed by atoms with Crippen molar-refractivity contribution in [1.29, 1.82) is 0 Å². The largest absolute Gasteiger partial charge is 0.465 e. The Hall–Kier alpha value is -2.94. The van der Waals surface area contributed by atoms with Gasteiger partial charge in [-0.3, -0.25) is 14.9 Å². The Morgan fingerprint density at radius 1 is 1.08 bits per heavy atom. The number of non-ortho nitro benzene ring substituents is 1. The first-order chi connectivity index (χ1) is 17.2. The monoisotopic (exact) mass is 521 g/mol. The zero-order valence-electron chi connectivity index (χ0n) is 20.5. The highest BCUT2D eigenvalue weighted by molar-refractivity contribution is 7.54. The molecule has 0 bridgehead atoms. The maximum atomic E-state index is 13.5. The van der Waals surface area contributed by atoms with Gasteiger partial charge in [-0.25, -0.2) is 4.57 Å². The molecule has 2 atom stereocenters. The molecule has 11 heteroatoms. The molecule has 1 aliphatic heterocycles. The number of rotatable bonds is 13. The van der Waals surface area contributed by atoms with Crippen molar-refractivity contribution in [2.45, 2.75) is 45.8 Å². The lowest BCUT2D eigenvalue weighted by Gasteiger charge is -2.28. The third-order valence-electron chi connectivity index (χ3n) is 5.41. The number of para-hydroxylation sites is 1. The maximum Gasteiger partial charge on any atom is 0.430 e. The second-order valence-corrected chi connectivity index (χ2v) is 11.1. The van der Waals surface area contributed by atoms with E-state index in [2.05, 4.69) is 0 Å². The van der Waals surface area contributed by atoms with Crippen LogP contribution < -0.4 is 9.05 Å². The topological polar surface area (TPSA) is 123 Å². The Bertz CT molecular complexity index is 1040. The Balaban J connectivity index is 1.54. The van der Waals surface area contributed by atoms with Crippen LogP contribution in [-0.2, 0) is 23.6 Å². The Labute approximate surface area is 210 Å². The van der Waals surface area contributed by atoms with E-state index in [-0.39, 0.29) is 43.5 Å². The van der Waals surface area contributed by atoms with E-state index in [1.54, 1.807) is 44.2 Å². The summed E-state index contributed by atoms with van der Waals surface area (Å²) in [6.45, 7) is 4.30. The van der Waals surface area contributed by atoms with Gasteiger partial charge in [0.25, 0.3) is 5.69 Å². The van der Waals surface area contributed by atoms with Gasteiger partial charge < -0.3 is 23.3 Å². The lowest BCUT2D eigenvalue weighted by atomic mass is 9.95. The fourth-order valence-electron chi connectivity index (χ4n) is 3.36. The van der Waals surface area contributed by atoms with Gasteiger partial charge in [-0.05, 0) is 63.8 Å². The third-order valence-corrected chi connectivity index (χ3v) is 7.25. The first-order valence-electron chi connectivity index (χ1n) is 11.9. The number of ether oxygens (including phenoxy) is 3. The van der Waals surface area contributed by atoms with Crippen LogP contribution in [0.3, 0.4) is 0 Å². The number of nitro benzene ring substituents is 1. The Morgan fingerprint density at radius 3 is 2.36 bits per heavy atom. The Morgan fingerprint density at radius 2 is 1.75 bits per heavy atom. The van der Waals surface area contributed by atoms with Crippen LogP contribution >= 0.6 is 7.60 Å². The predicted octanol–water partition coefficient (Wildman–Crippen LogP) is 5.75. The molecule has 0 amide bonds. The van der Waals surface area contributed by atoms with Crippen LogP contribution in [0.5, 0.6) is 11.5 Å². The number of nitro groups is 1. The van der Waals surface area contributed by atoms with E-state index >= 15 is 0 Å². The van der Waals surface area contributed by atoms with Gasteiger partial charge in [0, 0.05) is 18.7 Å². The summed E-state index contributed by atoms with van der Waals surface area (Å²) in [5.41, 5.74) is -0.991. The van der Waals surface area contributed by atoms with Gasteiger partial charge in [0.2, 0.25) is 0 Å². The molecule has 36 heavy (non-hydrogen) atoms. The van der Waals surface area contributed by atoms with Crippen molar-refractivity contribution in [3.8, 4) is 11.5 Å². The van der Waals surface area contributed by atoms with E-state index in [1.807, 2.05) is 0 Å². The molecule has 0 aromatic heterocycles. The van der Waals surface area contributed by atoms with Crippen molar-refractivity contribution in [3.05, 3.63) is 64.7 Å². The van der Waals surface area contributed by atoms with Crippen molar-refractivity contribution in [1.82, 2.24) is 0 Å². The average molecular weight is 522 g/mol. The fraction of sp³-hybridized carbons (Fsp3) is 0.480. The van der Waals surface area contributed by atoms with Crippen LogP contribution in [0.25, 0.3) is 0 Å². The maximum absolute atomic E-state index is 13.5. The van der Waals surface area contributed by atoms with Gasteiger partial charge in [-0.2, -0.15) is 0 Å². The minimum atomic E-state index is -3.74. The smallest absolute Gasteiger partial charge is 0.430 e. The molecule has 3 rings (SSSR count). The summed E-state index contributed by atoms with van der Waals surface area (Å²) < 4.78 is 41.6. The molecule has 0 N–H and O–H groups in total. The lowest BCUT2D eigenvalue weighted by Crippen LogP contribution is -2.35. The molecule has 0 aliphatic carbocycles. The highest BCUT2D eigenvalue weighted by atomic mass is 31.2. The van der Waals surface area contributed by atoms with Crippen LogP contribution in [0, 0.1) is 15.5 Å². The van der Waals surface area contributed by atoms with E-state index in [0.29, 0.717) is 12.4 Å². The van der Waals surface area contributed by atoms with Crippen molar-refractivity contribution in [3.63, 3.8) is 0 Å². The number of carbonyl (C=O) groups excluding carboxylic acids is 1. The summed E-state index contributed by atoms with van der Waals surface area (Å²) in [5.74, 6) is 0.0800. The minimum Gasteiger partial charge on any atom is -0.465 e. The predicted molar refractivity (Wildman–Crippen MR) is 132 cm³/mol. The van der Waals surface area contributed by atoms with Crippen LogP contribution in [-0.4, -0.2) is 43.2 Å². The van der Waals surface area contributed by atoms with Gasteiger partial charge in [0.1, 0.15) is 11.5 Å². The quantitative estimate of drug-likeness (QED) is 0.107. The second-order valence-electron chi connectivity index (χ2n) is 9.06. The summed E-state index contributed by atoms with van der Waals surface area (Å²) in [7, 11) is -3.74. The van der Waals surface area contributed by atoms with E-state index in [1.165, 1.54) is 24.3 Å². The SMILES string of the molecule is CC(C)(COC1CCCCO1)C(=O)OCCCP(=O)(Oc1ccccc1)Oc1ccc([N+](=O)[O-])cc1. The fourth-order valence-corrected chi connectivity index (χ4v) is 4.98.